The van der Waals surface area contributed by atoms with Gasteiger partial charge in [-0.1, -0.05) is 96.0 Å². The molecule has 2 fully saturated rings. The van der Waals surface area contributed by atoms with E-state index in [0.717, 1.165) is 5.52 Å². The second-order valence-electron chi connectivity index (χ2n) is 14.5. The minimum atomic E-state index is -1.54. The first kappa shape index (κ1) is 36.9. The molecule has 0 unspecified atom stereocenters. The molecule has 4 aliphatic heterocycles. The van der Waals surface area contributed by atoms with Crippen LogP contribution in [0.15, 0.2) is 77.3 Å². The van der Waals surface area contributed by atoms with Gasteiger partial charge in [-0.05, 0) is 43.0 Å². The number of esters is 1. The molecule has 3 amide bonds. The number of likely N-dealkylation sites (tertiary alicyclic amines) is 1. The molecular weight excluding hydrogens is 744 g/mol. The normalized spacial score (nSPS) is 31.1. The van der Waals surface area contributed by atoms with Crippen LogP contribution in [0.1, 0.15) is 51.7 Å². The topological polar surface area (TPSA) is 147 Å². The number of aliphatic hydroxyl groups excluding tert-OH is 1. The average molecular weight is 790 g/mol. The van der Waals surface area contributed by atoms with Crippen LogP contribution < -0.4 is 0 Å². The van der Waals surface area contributed by atoms with Crippen LogP contribution in [0.3, 0.4) is 0 Å². The van der Waals surface area contributed by atoms with Crippen LogP contribution in [0.4, 0.5) is 0 Å². The summed E-state index contributed by atoms with van der Waals surface area (Å²) in [5, 5.41) is 19.5. The quantitative estimate of drug-likeness (QED) is 0.278. The molecule has 3 aromatic rings. The predicted octanol–water partition coefficient (Wildman–Crippen LogP) is 3.98. The van der Waals surface area contributed by atoms with Crippen molar-refractivity contribution < 1.29 is 33.8 Å². The number of para-hydroxylation sites is 1. The number of amides is 3. The molecule has 9 atom stereocenters. The number of hydrogen-bond acceptors (Lipinski definition) is 9. The lowest BCUT2D eigenvalue weighted by atomic mass is 9.74. The molecule has 280 valence electrons. The lowest BCUT2D eigenvalue weighted by Crippen LogP contribution is -2.59. The number of rotatable bonds is 7. The smallest absolute Gasteiger partial charge is 0.313 e. The number of allylic oxidation sites excluding steroid dienone is 1. The van der Waals surface area contributed by atoms with Gasteiger partial charge in [0.15, 0.2) is 0 Å². The Balaban J connectivity index is 1.36. The van der Waals surface area contributed by atoms with Crippen LogP contribution >= 0.6 is 15.9 Å². The maximum absolute atomic E-state index is 15.3. The van der Waals surface area contributed by atoms with Crippen molar-refractivity contribution in [1.82, 2.24) is 29.7 Å². The van der Waals surface area contributed by atoms with Crippen molar-refractivity contribution in [3.63, 3.8) is 0 Å². The first-order chi connectivity index (χ1) is 25.5. The van der Waals surface area contributed by atoms with Gasteiger partial charge in [-0.3, -0.25) is 19.2 Å². The molecule has 1 N–H and O–H groups in total. The van der Waals surface area contributed by atoms with Gasteiger partial charge in [0.2, 0.25) is 11.8 Å². The van der Waals surface area contributed by atoms with Gasteiger partial charge in [-0.2, -0.15) is 0 Å². The van der Waals surface area contributed by atoms with E-state index in [1.165, 1.54) is 4.90 Å². The zero-order valence-corrected chi connectivity index (χ0v) is 31.8. The van der Waals surface area contributed by atoms with Crippen LogP contribution in [-0.4, -0.2) is 109 Å². The third-order valence-corrected chi connectivity index (χ3v) is 12.3. The molecule has 1 spiro atoms. The second-order valence-corrected chi connectivity index (χ2v) is 15.4. The van der Waals surface area contributed by atoms with Crippen molar-refractivity contribution in [1.29, 1.82) is 0 Å². The highest BCUT2D eigenvalue weighted by molar-refractivity contribution is 9.11. The Labute approximate surface area is 316 Å². The number of halogens is 1. The van der Waals surface area contributed by atoms with Crippen LogP contribution in [0.2, 0.25) is 0 Å². The van der Waals surface area contributed by atoms with E-state index in [9.17, 15) is 19.5 Å². The van der Waals surface area contributed by atoms with Crippen LogP contribution in [0, 0.1) is 17.8 Å². The van der Waals surface area contributed by atoms with Crippen molar-refractivity contribution in [2.75, 3.05) is 20.2 Å². The molecule has 14 heteroatoms. The van der Waals surface area contributed by atoms with E-state index >= 15 is 4.79 Å². The number of aromatic nitrogens is 3. The molecule has 1 aromatic heterocycles. The fourth-order valence-corrected chi connectivity index (χ4v) is 9.11. The SMILES string of the molecule is CC[C@H](C)[C@H](CO)N1C(=O)[C@@H]2[C@H]3C(=O)O[C@@H](c4ccccc4)[C@H](C)N(C)C(=O)CC/C=C\CN(Cn4nnc5ccccc54)C(=O)[C@@H]1[C@]21C=C(Br)[C@H]3O1. The molecule has 53 heavy (non-hydrogen) atoms. The summed E-state index contributed by atoms with van der Waals surface area (Å²) in [5.74, 6) is -4.11. The van der Waals surface area contributed by atoms with Crippen LogP contribution in [-0.2, 0) is 35.3 Å². The van der Waals surface area contributed by atoms with E-state index in [-0.39, 0.29) is 31.5 Å². The minimum Gasteiger partial charge on any atom is -0.455 e. The Kier molecular flexibility index (Phi) is 10.3. The third-order valence-electron chi connectivity index (χ3n) is 11.6. The van der Waals surface area contributed by atoms with Crippen molar-refractivity contribution in [2.24, 2.45) is 17.8 Å². The first-order valence-corrected chi connectivity index (χ1v) is 19.0. The number of fused-ring (bicyclic) bond motifs is 3. The highest BCUT2D eigenvalue weighted by Gasteiger charge is 2.75. The number of likely N-dealkylation sites (N-methyl/N-ethyl adjacent to an activating group) is 1. The fraction of sp³-hybridized carbons (Fsp3) is 0.487. The summed E-state index contributed by atoms with van der Waals surface area (Å²) in [5.41, 5.74) is 0.532. The predicted molar refractivity (Wildman–Crippen MR) is 198 cm³/mol. The Morgan fingerprint density at radius 3 is 2.49 bits per heavy atom. The number of hydrogen-bond donors (Lipinski definition) is 1. The molecule has 0 saturated carbocycles. The monoisotopic (exact) mass is 788 g/mol. The van der Waals surface area contributed by atoms with E-state index in [1.807, 2.05) is 87.5 Å². The summed E-state index contributed by atoms with van der Waals surface area (Å²) in [6.07, 6.45) is 4.95. The lowest BCUT2D eigenvalue weighted by Gasteiger charge is -2.40. The van der Waals surface area contributed by atoms with E-state index in [1.54, 1.807) is 27.6 Å². The summed E-state index contributed by atoms with van der Waals surface area (Å²) in [4.78, 5) is 63.0. The first-order valence-electron chi connectivity index (χ1n) is 18.2. The van der Waals surface area contributed by atoms with Gasteiger partial charge >= 0.3 is 5.97 Å². The van der Waals surface area contributed by atoms with Crippen molar-refractivity contribution in [3.05, 3.63) is 82.9 Å². The summed E-state index contributed by atoms with van der Waals surface area (Å²) in [6, 6.07) is 14.1. The molecule has 2 aromatic carbocycles. The maximum atomic E-state index is 15.3. The third kappa shape index (κ3) is 6.27. The molecule has 13 nitrogen and oxygen atoms in total. The Morgan fingerprint density at radius 1 is 1.02 bits per heavy atom. The van der Waals surface area contributed by atoms with Crippen LogP contribution in [0.5, 0.6) is 0 Å². The van der Waals surface area contributed by atoms with Crippen molar-refractivity contribution in [2.45, 2.75) is 82.6 Å². The average Bonchev–Trinajstić information content (AvgIpc) is 3.89. The minimum absolute atomic E-state index is 0.00614. The van der Waals surface area contributed by atoms with Gasteiger partial charge < -0.3 is 29.3 Å². The zero-order chi connectivity index (χ0) is 37.6. The molecular formula is C39H45BrN6O7. The number of cyclic esters (lactones) is 1. The van der Waals surface area contributed by atoms with Gasteiger partial charge in [0.1, 0.15) is 42.0 Å². The van der Waals surface area contributed by atoms with Crippen LogP contribution in [0.25, 0.3) is 11.0 Å². The Morgan fingerprint density at radius 2 is 1.75 bits per heavy atom. The molecule has 0 radical (unpaired) electrons. The van der Waals surface area contributed by atoms with Gasteiger partial charge in [0.25, 0.3) is 5.91 Å². The molecule has 0 aliphatic carbocycles. The lowest BCUT2D eigenvalue weighted by molar-refractivity contribution is -0.164. The molecule has 2 saturated heterocycles. The standard InChI is InChI=1S/C39H45BrN6O7/c1-5-23(2)29(21-47)46-35-37(50)44(22-45-28-17-12-11-16-27(28)41-42-45)19-13-7-10-18-30(48)43(4)24(3)33(25-14-8-6-9-15-25)52-38(51)31-32(36(46)49)39(35)20-26(40)34(31)53-39/h6-9,11-17,20,23-24,29,31-35,47H,5,10,18-19,21-22H2,1-4H3/b13-7-/t23-,24-,29-,31+,32-,33+,34+,35+,39-/m0/s1. The van der Waals surface area contributed by atoms with Crippen molar-refractivity contribution >= 4 is 50.7 Å². The Bertz CT molecular complexity index is 1950. The summed E-state index contributed by atoms with van der Waals surface area (Å²) < 4.78 is 15.3. The zero-order valence-electron chi connectivity index (χ0n) is 30.2. The number of benzene rings is 2. The molecule has 5 heterocycles. The van der Waals surface area contributed by atoms with Gasteiger partial charge in [-0.15, -0.1) is 5.10 Å². The highest BCUT2D eigenvalue weighted by atomic mass is 79.9. The van der Waals surface area contributed by atoms with E-state index in [2.05, 4.69) is 26.2 Å². The van der Waals surface area contributed by atoms with E-state index < -0.39 is 72.2 Å². The number of ether oxygens (including phenoxy) is 2. The molecule has 4 aliphatic rings. The summed E-state index contributed by atoms with van der Waals surface area (Å²) >= 11 is 3.63. The highest BCUT2D eigenvalue weighted by Crippen LogP contribution is 2.59. The summed E-state index contributed by atoms with van der Waals surface area (Å²) in [7, 11) is 1.69. The van der Waals surface area contributed by atoms with Gasteiger partial charge in [-0.25, -0.2) is 4.68 Å². The van der Waals surface area contributed by atoms with Gasteiger partial charge in [0, 0.05) is 24.5 Å². The number of nitrogens with zero attached hydrogens (tertiary/aromatic N) is 6. The second kappa shape index (κ2) is 14.8. The molecule has 7 rings (SSSR count). The maximum Gasteiger partial charge on any atom is 0.313 e. The van der Waals surface area contributed by atoms with E-state index in [4.69, 9.17) is 9.47 Å². The number of carbonyl (C=O) groups is 4. The van der Waals surface area contributed by atoms with E-state index in [0.29, 0.717) is 28.4 Å². The van der Waals surface area contributed by atoms with Crippen molar-refractivity contribution in [3.8, 4) is 0 Å². The largest absolute Gasteiger partial charge is 0.455 e. The molecule has 5 bridgehead atoms. The number of carbonyl (C=O) groups excluding carboxylic acids is 4. The van der Waals surface area contributed by atoms with Gasteiger partial charge in [0.05, 0.1) is 30.1 Å². The fourth-order valence-electron chi connectivity index (χ4n) is 8.38. The summed E-state index contributed by atoms with van der Waals surface area (Å²) in [6.45, 7) is 5.46. The Hall–Kier alpha value is -4.40. The number of aliphatic hydroxyl groups is 1.